The molecular formula is C15H22O4. The molecule has 7 atom stereocenters. The summed E-state index contributed by atoms with van der Waals surface area (Å²) in [6.45, 7) is 4.35. The van der Waals surface area contributed by atoms with Crippen molar-refractivity contribution in [2.45, 2.75) is 33.1 Å². The summed E-state index contributed by atoms with van der Waals surface area (Å²) in [5, 5.41) is 9.49. The Morgan fingerprint density at radius 1 is 1.26 bits per heavy atom. The quantitative estimate of drug-likeness (QED) is 0.622. The Morgan fingerprint density at radius 3 is 2.58 bits per heavy atom. The molecule has 106 valence electrons. The molecule has 3 fully saturated rings. The third-order valence-corrected chi connectivity index (χ3v) is 5.93. The largest absolute Gasteiger partial charge is 0.396 e. The van der Waals surface area contributed by atoms with Gasteiger partial charge in [-0.3, -0.25) is 9.59 Å². The second-order valence-corrected chi connectivity index (χ2v) is 6.56. The Morgan fingerprint density at radius 2 is 2.00 bits per heavy atom. The molecule has 1 N–H and O–H groups in total. The lowest BCUT2D eigenvalue weighted by Gasteiger charge is -2.36. The first-order valence-electron chi connectivity index (χ1n) is 7.44. The first-order valence-corrected chi connectivity index (χ1v) is 7.44. The zero-order chi connectivity index (χ0) is 13.7. The van der Waals surface area contributed by atoms with E-state index >= 15 is 0 Å². The number of hydrogen-bond acceptors (Lipinski definition) is 4. The molecule has 0 radical (unpaired) electrons. The number of aliphatic hydroxyl groups is 1. The van der Waals surface area contributed by atoms with Crippen LogP contribution in [0.5, 0.6) is 0 Å². The number of aliphatic hydroxyl groups excluding tert-OH is 1. The predicted octanol–water partition coefficient (Wildman–Crippen LogP) is 1.61. The lowest BCUT2D eigenvalue weighted by atomic mass is 9.66. The Balaban J connectivity index is 1.88. The highest BCUT2D eigenvalue weighted by atomic mass is 16.6. The second-order valence-electron chi connectivity index (χ2n) is 6.56. The summed E-state index contributed by atoms with van der Waals surface area (Å²) in [6.07, 6.45) is 2.84. The highest BCUT2D eigenvalue weighted by molar-refractivity contribution is 5.96. The minimum Gasteiger partial charge on any atom is -0.396 e. The van der Waals surface area contributed by atoms with E-state index in [2.05, 4.69) is 6.92 Å². The maximum atomic E-state index is 12.1. The van der Waals surface area contributed by atoms with E-state index in [0.717, 1.165) is 12.8 Å². The van der Waals surface area contributed by atoms with Crippen LogP contribution in [0.4, 0.5) is 0 Å². The molecule has 7 unspecified atom stereocenters. The highest BCUT2D eigenvalue weighted by Gasteiger charge is 2.59. The molecule has 3 rings (SSSR count). The number of carbonyl (C=O) groups is 2. The van der Waals surface area contributed by atoms with Gasteiger partial charge in [-0.15, -0.1) is 0 Å². The van der Waals surface area contributed by atoms with Gasteiger partial charge in [0.15, 0.2) is 0 Å². The van der Waals surface area contributed by atoms with Crippen LogP contribution in [0.1, 0.15) is 33.1 Å². The van der Waals surface area contributed by atoms with Crippen LogP contribution in [0.15, 0.2) is 0 Å². The molecule has 3 aliphatic rings. The van der Waals surface area contributed by atoms with E-state index in [1.54, 1.807) is 0 Å². The second kappa shape index (κ2) is 4.58. The predicted molar refractivity (Wildman–Crippen MR) is 67.8 cm³/mol. The summed E-state index contributed by atoms with van der Waals surface area (Å²) in [4.78, 5) is 23.8. The van der Waals surface area contributed by atoms with Crippen LogP contribution in [-0.4, -0.2) is 23.7 Å². The van der Waals surface area contributed by atoms with Gasteiger partial charge in [-0.05, 0) is 48.9 Å². The number of hydrogen-bond donors (Lipinski definition) is 1. The highest BCUT2D eigenvalue weighted by Crippen LogP contribution is 2.59. The van der Waals surface area contributed by atoms with Gasteiger partial charge in [0.2, 0.25) is 0 Å². The van der Waals surface area contributed by atoms with Crippen molar-refractivity contribution in [3.63, 3.8) is 0 Å². The van der Waals surface area contributed by atoms with E-state index in [1.165, 1.54) is 0 Å². The van der Waals surface area contributed by atoms with Crippen molar-refractivity contribution in [3.8, 4) is 0 Å². The summed E-state index contributed by atoms with van der Waals surface area (Å²) in [7, 11) is 0. The standard InChI is InChI=1S/C15H22O4/c1-3-10-13(15(18)19-14(10)17)12-7(2)8-4-9(6-16)11(12)5-8/h7-13,16H,3-6H2,1-2H3. The van der Waals surface area contributed by atoms with Gasteiger partial charge in [-0.1, -0.05) is 13.8 Å². The van der Waals surface area contributed by atoms with Crippen LogP contribution in [0, 0.1) is 41.4 Å². The minimum atomic E-state index is -0.340. The van der Waals surface area contributed by atoms with E-state index in [-0.39, 0.29) is 36.3 Å². The monoisotopic (exact) mass is 266 g/mol. The summed E-state index contributed by atoms with van der Waals surface area (Å²) in [5.74, 6) is 0.800. The number of cyclic esters (lactones) is 2. The van der Waals surface area contributed by atoms with Gasteiger partial charge >= 0.3 is 11.9 Å². The average Bonchev–Trinajstić information content (AvgIpc) is 3.00. The third kappa shape index (κ3) is 1.76. The fourth-order valence-corrected chi connectivity index (χ4v) is 5.01. The molecule has 0 amide bonds. The average molecular weight is 266 g/mol. The van der Waals surface area contributed by atoms with Crippen LogP contribution in [0.2, 0.25) is 0 Å². The molecule has 0 spiro atoms. The SMILES string of the molecule is CCC1C(=O)OC(=O)C1C1C(C)C2CC(CO)C1C2. The van der Waals surface area contributed by atoms with Gasteiger partial charge in [-0.2, -0.15) is 0 Å². The Bertz CT molecular complexity index is 405. The summed E-state index contributed by atoms with van der Waals surface area (Å²) >= 11 is 0. The van der Waals surface area contributed by atoms with Crippen molar-refractivity contribution >= 4 is 11.9 Å². The maximum absolute atomic E-state index is 12.1. The lowest BCUT2D eigenvalue weighted by molar-refractivity contribution is -0.154. The number of rotatable bonds is 3. The fraction of sp³-hybridized carbons (Fsp3) is 0.867. The molecule has 1 heterocycles. The van der Waals surface area contributed by atoms with Crippen molar-refractivity contribution in [2.24, 2.45) is 41.4 Å². The number of esters is 2. The van der Waals surface area contributed by atoms with Crippen LogP contribution in [0.25, 0.3) is 0 Å². The molecule has 4 nitrogen and oxygen atoms in total. The van der Waals surface area contributed by atoms with Crippen molar-refractivity contribution in [1.82, 2.24) is 0 Å². The molecule has 4 heteroatoms. The molecule has 2 bridgehead atoms. The number of ether oxygens (including phenoxy) is 1. The van der Waals surface area contributed by atoms with Crippen molar-refractivity contribution < 1.29 is 19.4 Å². The normalized spacial score (nSPS) is 48.9. The van der Waals surface area contributed by atoms with Crippen LogP contribution >= 0.6 is 0 Å². The molecule has 1 saturated heterocycles. The van der Waals surface area contributed by atoms with Gasteiger partial charge in [0.05, 0.1) is 11.8 Å². The first kappa shape index (κ1) is 13.1. The third-order valence-electron chi connectivity index (χ3n) is 5.93. The number of fused-ring (bicyclic) bond motifs is 2. The van der Waals surface area contributed by atoms with Gasteiger partial charge < -0.3 is 9.84 Å². The van der Waals surface area contributed by atoms with Crippen molar-refractivity contribution in [1.29, 1.82) is 0 Å². The zero-order valence-corrected chi connectivity index (χ0v) is 11.5. The Labute approximate surface area is 113 Å². The first-order chi connectivity index (χ1) is 9.08. The summed E-state index contributed by atoms with van der Waals surface area (Å²) in [6, 6.07) is 0. The summed E-state index contributed by atoms with van der Waals surface area (Å²) in [5.41, 5.74) is 0. The molecule has 0 aromatic rings. The molecule has 0 aromatic heterocycles. The smallest absolute Gasteiger partial charge is 0.317 e. The number of carbonyl (C=O) groups excluding carboxylic acids is 2. The lowest BCUT2D eigenvalue weighted by Crippen LogP contribution is -2.38. The van der Waals surface area contributed by atoms with Crippen molar-refractivity contribution in [2.75, 3.05) is 6.61 Å². The molecular weight excluding hydrogens is 244 g/mol. The molecule has 19 heavy (non-hydrogen) atoms. The van der Waals surface area contributed by atoms with Crippen molar-refractivity contribution in [3.05, 3.63) is 0 Å². The van der Waals surface area contributed by atoms with Crippen LogP contribution in [-0.2, 0) is 14.3 Å². The molecule has 2 saturated carbocycles. The van der Waals surface area contributed by atoms with Gasteiger partial charge in [0.1, 0.15) is 0 Å². The van der Waals surface area contributed by atoms with Gasteiger partial charge in [-0.25, -0.2) is 0 Å². The van der Waals surface area contributed by atoms with Gasteiger partial charge in [0, 0.05) is 6.61 Å². The van der Waals surface area contributed by atoms with E-state index < -0.39 is 0 Å². The zero-order valence-electron chi connectivity index (χ0n) is 11.5. The Kier molecular flexibility index (Phi) is 3.16. The van der Waals surface area contributed by atoms with Crippen LogP contribution < -0.4 is 0 Å². The maximum Gasteiger partial charge on any atom is 0.317 e. The van der Waals surface area contributed by atoms with E-state index in [9.17, 15) is 14.7 Å². The minimum absolute atomic E-state index is 0.205. The molecule has 2 aliphatic carbocycles. The van der Waals surface area contributed by atoms with E-state index in [1.807, 2.05) is 6.92 Å². The van der Waals surface area contributed by atoms with E-state index in [0.29, 0.717) is 30.1 Å². The Hall–Kier alpha value is -0.900. The van der Waals surface area contributed by atoms with Gasteiger partial charge in [0.25, 0.3) is 0 Å². The molecule has 0 aromatic carbocycles. The molecule has 1 aliphatic heterocycles. The summed E-state index contributed by atoms with van der Waals surface area (Å²) < 4.78 is 4.87. The van der Waals surface area contributed by atoms with E-state index in [4.69, 9.17) is 4.74 Å². The fourth-order valence-electron chi connectivity index (χ4n) is 5.01. The topological polar surface area (TPSA) is 63.6 Å². The van der Waals surface area contributed by atoms with Crippen LogP contribution in [0.3, 0.4) is 0 Å².